The first-order valence-electron chi connectivity index (χ1n) is 5.35. The number of nitrogens with zero attached hydrogens (tertiary/aromatic N) is 1. The fourth-order valence-corrected chi connectivity index (χ4v) is 1.56. The highest BCUT2D eigenvalue weighted by atomic mass is 16.5. The molecule has 0 saturated heterocycles. The van der Waals surface area contributed by atoms with Crippen LogP contribution in [0.5, 0.6) is 5.75 Å². The largest absolute Gasteiger partial charge is 0.497 e. The van der Waals surface area contributed by atoms with Crippen LogP contribution in [0.2, 0.25) is 0 Å². The SMILES string of the molecule is COc1cc(/C=C/CN)cc(CN(C)C)c1. The molecule has 0 amide bonds. The van der Waals surface area contributed by atoms with Crippen LogP contribution in [0.3, 0.4) is 0 Å². The molecule has 2 N–H and O–H groups in total. The van der Waals surface area contributed by atoms with Crippen LogP contribution < -0.4 is 10.5 Å². The molecule has 0 aliphatic carbocycles. The number of hydrogen-bond donors (Lipinski definition) is 1. The van der Waals surface area contributed by atoms with Gasteiger partial charge in [-0.2, -0.15) is 0 Å². The summed E-state index contributed by atoms with van der Waals surface area (Å²) >= 11 is 0. The van der Waals surface area contributed by atoms with Gasteiger partial charge in [-0.15, -0.1) is 0 Å². The van der Waals surface area contributed by atoms with Crippen LogP contribution in [0.4, 0.5) is 0 Å². The summed E-state index contributed by atoms with van der Waals surface area (Å²) in [7, 11) is 5.79. The summed E-state index contributed by atoms with van der Waals surface area (Å²) in [5.41, 5.74) is 7.80. The van der Waals surface area contributed by atoms with Crippen molar-refractivity contribution in [2.24, 2.45) is 5.73 Å². The van der Waals surface area contributed by atoms with Gasteiger partial charge in [0.1, 0.15) is 5.75 Å². The third-order valence-corrected chi connectivity index (χ3v) is 2.17. The van der Waals surface area contributed by atoms with Crippen LogP contribution in [0.15, 0.2) is 24.3 Å². The Morgan fingerprint density at radius 3 is 2.62 bits per heavy atom. The first-order chi connectivity index (χ1) is 7.65. The summed E-state index contributed by atoms with van der Waals surface area (Å²) < 4.78 is 5.27. The molecule has 16 heavy (non-hydrogen) atoms. The zero-order chi connectivity index (χ0) is 12.0. The van der Waals surface area contributed by atoms with Crippen molar-refractivity contribution in [3.05, 3.63) is 35.4 Å². The zero-order valence-electron chi connectivity index (χ0n) is 10.2. The van der Waals surface area contributed by atoms with E-state index in [4.69, 9.17) is 10.5 Å². The molecule has 0 saturated carbocycles. The molecule has 1 aromatic rings. The lowest BCUT2D eigenvalue weighted by molar-refractivity contribution is 0.395. The number of nitrogens with two attached hydrogens (primary N) is 1. The van der Waals surface area contributed by atoms with Crippen molar-refractivity contribution >= 4 is 6.08 Å². The summed E-state index contributed by atoms with van der Waals surface area (Å²) in [6.07, 6.45) is 3.95. The van der Waals surface area contributed by atoms with E-state index < -0.39 is 0 Å². The first-order valence-corrected chi connectivity index (χ1v) is 5.35. The number of rotatable bonds is 5. The van der Waals surface area contributed by atoms with E-state index >= 15 is 0 Å². The second-order valence-corrected chi connectivity index (χ2v) is 3.99. The molecule has 0 aromatic heterocycles. The van der Waals surface area contributed by atoms with E-state index in [-0.39, 0.29) is 0 Å². The van der Waals surface area contributed by atoms with Gasteiger partial charge in [-0.25, -0.2) is 0 Å². The second kappa shape index (κ2) is 6.30. The standard InChI is InChI=1S/C13H20N2O/c1-15(2)10-12-7-11(5-4-6-14)8-13(9-12)16-3/h4-5,7-9H,6,10,14H2,1-3H3/b5-4+. The minimum atomic E-state index is 0.556. The fourth-order valence-electron chi connectivity index (χ4n) is 1.56. The number of hydrogen-bond acceptors (Lipinski definition) is 3. The van der Waals surface area contributed by atoms with Gasteiger partial charge in [0.2, 0.25) is 0 Å². The van der Waals surface area contributed by atoms with Crippen LogP contribution in [-0.4, -0.2) is 32.6 Å². The number of ether oxygens (including phenoxy) is 1. The van der Waals surface area contributed by atoms with E-state index in [1.807, 2.05) is 18.2 Å². The Bertz CT molecular complexity index is 359. The number of methoxy groups -OCH3 is 1. The normalized spacial score (nSPS) is 11.3. The van der Waals surface area contributed by atoms with Crippen molar-refractivity contribution in [1.82, 2.24) is 4.90 Å². The van der Waals surface area contributed by atoms with Gasteiger partial charge in [0.15, 0.2) is 0 Å². The minimum Gasteiger partial charge on any atom is -0.497 e. The Kier molecular flexibility index (Phi) is 5.02. The van der Waals surface area contributed by atoms with Gasteiger partial charge in [0, 0.05) is 13.1 Å². The molecule has 1 aromatic carbocycles. The van der Waals surface area contributed by atoms with Gasteiger partial charge in [-0.05, 0) is 37.4 Å². The van der Waals surface area contributed by atoms with Crippen molar-refractivity contribution in [3.8, 4) is 5.75 Å². The first kappa shape index (κ1) is 12.7. The smallest absolute Gasteiger partial charge is 0.119 e. The van der Waals surface area contributed by atoms with Crippen LogP contribution >= 0.6 is 0 Å². The maximum Gasteiger partial charge on any atom is 0.119 e. The molecule has 88 valence electrons. The highest BCUT2D eigenvalue weighted by Gasteiger charge is 2.00. The Balaban J connectivity index is 2.96. The molecule has 0 heterocycles. The Labute approximate surface area is 97.5 Å². The molecule has 0 fully saturated rings. The third kappa shape index (κ3) is 4.04. The van der Waals surface area contributed by atoms with Gasteiger partial charge in [-0.1, -0.05) is 18.2 Å². The predicted molar refractivity (Wildman–Crippen MR) is 68.5 cm³/mol. The van der Waals surface area contributed by atoms with Crippen LogP contribution in [-0.2, 0) is 6.54 Å². The fraction of sp³-hybridized carbons (Fsp3) is 0.385. The lowest BCUT2D eigenvalue weighted by atomic mass is 10.1. The maximum absolute atomic E-state index is 5.44. The summed E-state index contributed by atoms with van der Waals surface area (Å²) in [4.78, 5) is 2.13. The molecule has 0 spiro atoms. The van der Waals surface area contributed by atoms with Crippen molar-refractivity contribution in [2.75, 3.05) is 27.7 Å². The van der Waals surface area contributed by atoms with Crippen LogP contribution in [0.25, 0.3) is 6.08 Å². The van der Waals surface area contributed by atoms with E-state index in [1.54, 1.807) is 7.11 Å². The second-order valence-electron chi connectivity index (χ2n) is 3.99. The van der Waals surface area contributed by atoms with Crippen molar-refractivity contribution in [1.29, 1.82) is 0 Å². The highest BCUT2D eigenvalue weighted by molar-refractivity contribution is 5.53. The van der Waals surface area contributed by atoms with E-state index in [0.29, 0.717) is 6.54 Å². The average Bonchev–Trinajstić information content (AvgIpc) is 2.25. The molecule has 0 bridgehead atoms. The summed E-state index contributed by atoms with van der Waals surface area (Å²) in [6.45, 7) is 1.46. The van der Waals surface area contributed by atoms with Gasteiger partial charge in [0.25, 0.3) is 0 Å². The molecular formula is C13H20N2O. The topological polar surface area (TPSA) is 38.5 Å². The zero-order valence-corrected chi connectivity index (χ0v) is 10.2. The van der Waals surface area contributed by atoms with Gasteiger partial charge >= 0.3 is 0 Å². The molecular weight excluding hydrogens is 200 g/mol. The molecule has 0 unspecified atom stereocenters. The van der Waals surface area contributed by atoms with Crippen molar-refractivity contribution in [3.63, 3.8) is 0 Å². The van der Waals surface area contributed by atoms with E-state index in [2.05, 4.69) is 31.1 Å². The Hall–Kier alpha value is -1.32. The van der Waals surface area contributed by atoms with Crippen molar-refractivity contribution in [2.45, 2.75) is 6.54 Å². The average molecular weight is 220 g/mol. The summed E-state index contributed by atoms with van der Waals surface area (Å²) in [5.74, 6) is 0.885. The Morgan fingerprint density at radius 2 is 2.06 bits per heavy atom. The molecule has 3 heteroatoms. The van der Waals surface area contributed by atoms with E-state index in [9.17, 15) is 0 Å². The minimum absolute atomic E-state index is 0.556. The van der Waals surface area contributed by atoms with Gasteiger partial charge < -0.3 is 15.4 Å². The molecule has 0 aliphatic rings. The maximum atomic E-state index is 5.44. The number of benzene rings is 1. The molecule has 0 aliphatic heterocycles. The molecule has 0 radical (unpaired) electrons. The highest BCUT2D eigenvalue weighted by Crippen LogP contribution is 2.18. The third-order valence-electron chi connectivity index (χ3n) is 2.17. The van der Waals surface area contributed by atoms with Crippen LogP contribution in [0.1, 0.15) is 11.1 Å². The monoisotopic (exact) mass is 220 g/mol. The molecule has 1 rings (SSSR count). The van der Waals surface area contributed by atoms with E-state index in [0.717, 1.165) is 17.9 Å². The van der Waals surface area contributed by atoms with Crippen LogP contribution in [0, 0.1) is 0 Å². The predicted octanol–water partition coefficient (Wildman–Crippen LogP) is 1.73. The van der Waals surface area contributed by atoms with Gasteiger partial charge in [0.05, 0.1) is 7.11 Å². The lowest BCUT2D eigenvalue weighted by Gasteiger charge is -2.11. The molecule has 0 atom stereocenters. The molecule has 3 nitrogen and oxygen atoms in total. The Morgan fingerprint density at radius 1 is 1.31 bits per heavy atom. The summed E-state index contributed by atoms with van der Waals surface area (Å²) in [5, 5.41) is 0. The lowest BCUT2D eigenvalue weighted by Crippen LogP contribution is -2.10. The van der Waals surface area contributed by atoms with Crippen molar-refractivity contribution < 1.29 is 4.74 Å². The van der Waals surface area contributed by atoms with Gasteiger partial charge in [-0.3, -0.25) is 0 Å². The quantitative estimate of drug-likeness (QED) is 0.821. The summed E-state index contributed by atoms with van der Waals surface area (Å²) in [6, 6.07) is 6.21. The van der Waals surface area contributed by atoms with E-state index in [1.165, 1.54) is 5.56 Å².